The van der Waals surface area contributed by atoms with Crippen LogP contribution in [0.2, 0.25) is 0 Å². The Hall–Kier alpha value is -2.26. The minimum Gasteiger partial charge on any atom is -0.497 e. The highest BCUT2D eigenvalue weighted by atomic mass is 32.2. The second-order valence-corrected chi connectivity index (χ2v) is 8.24. The minimum absolute atomic E-state index is 0.0696. The van der Waals surface area contributed by atoms with Gasteiger partial charge in [0.1, 0.15) is 5.75 Å². The summed E-state index contributed by atoms with van der Waals surface area (Å²) in [6.07, 6.45) is 1.40. The summed E-state index contributed by atoms with van der Waals surface area (Å²) >= 11 is 2.80. The fraction of sp³-hybridized carbons (Fsp3) is 0.389. The largest absolute Gasteiger partial charge is 0.497 e. The Morgan fingerprint density at radius 1 is 1.52 bits per heavy atom. The molecule has 1 aliphatic heterocycles. The Bertz CT molecular complexity index is 811. The van der Waals surface area contributed by atoms with Crippen molar-refractivity contribution in [2.24, 2.45) is 0 Å². The van der Waals surface area contributed by atoms with E-state index in [0.717, 1.165) is 17.9 Å². The number of likely N-dealkylation sites (tertiary alicyclic amines) is 1. The van der Waals surface area contributed by atoms with E-state index in [-0.39, 0.29) is 17.6 Å². The van der Waals surface area contributed by atoms with Crippen LogP contribution in [-0.4, -0.2) is 58.9 Å². The van der Waals surface area contributed by atoms with Crippen molar-refractivity contribution >= 4 is 40.7 Å². The number of carboxylic acids is 1. The number of methoxy groups -OCH3 is 1. The summed E-state index contributed by atoms with van der Waals surface area (Å²) < 4.78 is 5.94. The van der Waals surface area contributed by atoms with E-state index in [2.05, 4.69) is 10.3 Å². The number of carbonyl (C=O) groups is 2. The Morgan fingerprint density at radius 3 is 3.11 bits per heavy atom. The van der Waals surface area contributed by atoms with E-state index in [0.29, 0.717) is 29.6 Å². The third-order valence-electron chi connectivity index (χ3n) is 4.32. The number of carboxylic acid groups (broad SMARTS) is 1. The third-order valence-corrected chi connectivity index (χ3v) is 6.33. The van der Waals surface area contributed by atoms with Crippen molar-refractivity contribution in [1.29, 1.82) is 0 Å². The maximum Gasteiger partial charge on any atom is 0.355 e. The molecule has 0 radical (unpaired) electrons. The number of carbonyl (C=O) groups excluding carboxylic acids is 1. The maximum atomic E-state index is 12.2. The molecule has 0 unspecified atom stereocenters. The van der Waals surface area contributed by atoms with Gasteiger partial charge in [0, 0.05) is 48.4 Å². The van der Waals surface area contributed by atoms with Gasteiger partial charge in [-0.1, -0.05) is 17.8 Å². The van der Waals surface area contributed by atoms with Crippen molar-refractivity contribution in [3.05, 3.63) is 35.3 Å². The molecular weight excluding hydrogens is 386 g/mol. The Kier molecular flexibility index (Phi) is 6.57. The van der Waals surface area contributed by atoms with Crippen LogP contribution < -0.4 is 10.1 Å². The third kappa shape index (κ3) is 5.14. The summed E-state index contributed by atoms with van der Waals surface area (Å²) in [6, 6.07) is 7.87. The number of benzene rings is 1. The molecule has 1 amide bonds. The van der Waals surface area contributed by atoms with Gasteiger partial charge in [-0.2, -0.15) is 0 Å². The van der Waals surface area contributed by atoms with Gasteiger partial charge in [-0.15, -0.1) is 11.3 Å². The van der Waals surface area contributed by atoms with Crippen LogP contribution >= 0.6 is 23.1 Å². The molecule has 144 valence electrons. The van der Waals surface area contributed by atoms with E-state index in [1.807, 2.05) is 29.2 Å². The van der Waals surface area contributed by atoms with Crippen LogP contribution in [0.1, 0.15) is 23.3 Å². The van der Waals surface area contributed by atoms with E-state index in [4.69, 9.17) is 9.84 Å². The van der Waals surface area contributed by atoms with Crippen LogP contribution in [-0.2, 0) is 4.79 Å². The molecule has 0 aliphatic carbocycles. The predicted octanol–water partition coefficient (Wildman–Crippen LogP) is 3.05. The molecule has 2 N–H and O–H groups in total. The molecule has 3 rings (SSSR count). The molecule has 9 heteroatoms. The van der Waals surface area contributed by atoms with Gasteiger partial charge < -0.3 is 20.1 Å². The molecule has 0 bridgehead atoms. The Labute approximate surface area is 165 Å². The maximum absolute atomic E-state index is 12.2. The quantitative estimate of drug-likeness (QED) is 0.617. The number of hydrogen-bond donors (Lipinski definition) is 2. The molecule has 1 aliphatic rings. The van der Waals surface area contributed by atoms with Crippen molar-refractivity contribution in [1.82, 2.24) is 9.88 Å². The number of thioether (sulfide) groups is 1. The van der Waals surface area contributed by atoms with E-state index < -0.39 is 5.97 Å². The Morgan fingerprint density at radius 2 is 2.37 bits per heavy atom. The van der Waals surface area contributed by atoms with Gasteiger partial charge in [0.25, 0.3) is 0 Å². The molecule has 7 nitrogen and oxygen atoms in total. The van der Waals surface area contributed by atoms with E-state index in [9.17, 15) is 9.59 Å². The van der Waals surface area contributed by atoms with Crippen molar-refractivity contribution in [3.63, 3.8) is 0 Å². The van der Waals surface area contributed by atoms with Crippen LogP contribution in [0.5, 0.6) is 5.75 Å². The molecule has 1 atom stereocenters. The summed E-state index contributed by atoms with van der Waals surface area (Å²) in [5, 5.41) is 13.8. The van der Waals surface area contributed by atoms with Crippen molar-refractivity contribution < 1.29 is 19.4 Å². The van der Waals surface area contributed by atoms with Crippen LogP contribution in [0.15, 0.2) is 34.0 Å². The monoisotopic (exact) mass is 407 g/mol. The first-order valence-corrected chi connectivity index (χ1v) is 10.4. The van der Waals surface area contributed by atoms with Crippen LogP contribution in [0.4, 0.5) is 5.69 Å². The van der Waals surface area contributed by atoms with Gasteiger partial charge >= 0.3 is 5.97 Å². The first-order chi connectivity index (χ1) is 13.1. The molecule has 27 heavy (non-hydrogen) atoms. The highest BCUT2D eigenvalue weighted by Crippen LogP contribution is 2.25. The number of aromatic nitrogens is 1. The minimum atomic E-state index is -1.02. The zero-order chi connectivity index (χ0) is 19.2. The highest BCUT2D eigenvalue weighted by molar-refractivity contribution is 8.01. The molecular formula is C18H21N3O4S2. The molecule has 1 fully saturated rings. The number of hydrogen-bond acceptors (Lipinski definition) is 7. The highest BCUT2D eigenvalue weighted by Gasteiger charge is 2.30. The summed E-state index contributed by atoms with van der Waals surface area (Å²) in [5.41, 5.74) is 1.03. The molecule has 2 aromatic rings. The summed E-state index contributed by atoms with van der Waals surface area (Å²) in [5.74, 6) is 0.628. The number of anilines is 1. The SMILES string of the molecule is COc1cccc(NC[C@H]2CCC(=O)N2CCSc2nc(C(=O)O)cs2)c1. The van der Waals surface area contributed by atoms with Crippen molar-refractivity contribution in [2.45, 2.75) is 23.2 Å². The van der Waals surface area contributed by atoms with Gasteiger partial charge in [-0.05, 0) is 18.6 Å². The number of amides is 1. The average molecular weight is 408 g/mol. The smallest absolute Gasteiger partial charge is 0.355 e. The summed E-state index contributed by atoms with van der Waals surface area (Å²) in [7, 11) is 1.63. The molecule has 0 spiro atoms. The second-order valence-electron chi connectivity index (χ2n) is 6.04. The van der Waals surface area contributed by atoms with Crippen LogP contribution in [0, 0.1) is 0 Å². The van der Waals surface area contributed by atoms with Gasteiger partial charge in [-0.25, -0.2) is 9.78 Å². The number of nitrogens with one attached hydrogen (secondary N) is 1. The van der Waals surface area contributed by atoms with Gasteiger partial charge in [0.15, 0.2) is 10.0 Å². The molecule has 0 saturated carbocycles. The first-order valence-electron chi connectivity index (χ1n) is 8.56. The van der Waals surface area contributed by atoms with Crippen LogP contribution in [0.3, 0.4) is 0 Å². The van der Waals surface area contributed by atoms with E-state index >= 15 is 0 Å². The fourth-order valence-electron chi connectivity index (χ4n) is 2.93. The number of rotatable bonds is 9. The second kappa shape index (κ2) is 9.09. The zero-order valence-corrected chi connectivity index (χ0v) is 16.5. The Balaban J connectivity index is 1.50. The van der Waals surface area contributed by atoms with Gasteiger partial charge in [-0.3, -0.25) is 4.79 Å². The molecule has 2 heterocycles. The van der Waals surface area contributed by atoms with Gasteiger partial charge in [0.2, 0.25) is 5.91 Å². The lowest BCUT2D eigenvalue weighted by atomic mass is 10.2. The molecule has 1 aromatic heterocycles. The van der Waals surface area contributed by atoms with Gasteiger partial charge in [0.05, 0.1) is 7.11 Å². The van der Waals surface area contributed by atoms with E-state index in [1.165, 1.54) is 28.5 Å². The predicted molar refractivity (Wildman–Crippen MR) is 106 cm³/mol. The molecule has 1 aromatic carbocycles. The lowest BCUT2D eigenvalue weighted by Gasteiger charge is -2.25. The number of thiazole rings is 1. The first kappa shape index (κ1) is 19.5. The number of ether oxygens (including phenoxy) is 1. The van der Waals surface area contributed by atoms with Crippen LogP contribution in [0.25, 0.3) is 0 Å². The normalized spacial score (nSPS) is 16.6. The van der Waals surface area contributed by atoms with Crippen molar-refractivity contribution in [3.8, 4) is 5.75 Å². The average Bonchev–Trinajstić information content (AvgIpc) is 3.28. The lowest BCUT2D eigenvalue weighted by Crippen LogP contribution is -2.39. The lowest BCUT2D eigenvalue weighted by molar-refractivity contribution is -0.128. The zero-order valence-electron chi connectivity index (χ0n) is 14.9. The van der Waals surface area contributed by atoms with E-state index in [1.54, 1.807) is 7.11 Å². The number of nitrogens with zero attached hydrogens (tertiary/aromatic N) is 2. The standard InChI is InChI=1S/C18H21N3O4S2/c1-25-14-4-2-3-12(9-14)19-10-13-5-6-16(22)21(13)7-8-26-18-20-15(11-27-18)17(23)24/h2-4,9,11,13,19H,5-8,10H2,1H3,(H,23,24)/t13-/m1/s1. The summed E-state index contributed by atoms with van der Waals surface area (Å²) in [4.78, 5) is 29.1. The summed E-state index contributed by atoms with van der Waals surface area (Å²) in [6.45, 7) is 1.31. The molecule has 1 saturated heterocycles. The van der Waals surface area contributed by atoms with Crippen molar-refractivity contribution in [2.75, 3.05) is 31.3 Å². The topological polar surface area (TPSA) is 91.8 Å². The fourth-order valence-corrected chi connectivity index (χ4v) is 4.74. The number of aromatic carboxylic acids is 1.